The molecule has 2 rings (SSSR count). The van der Waals surface area contributed by atoms with E-state index in [0.29, 0.717) is 25.9 Å². The fraction of sp³-hybridized carbons (Fsp3) is 0.562. The number of amides is 1. The number of nitrogens with one attached hydrogen (secondary N) is 1. The van der Waals surface area contributed by atoms with Crippen molar-refractivity contribution in [2.24, 2.45) is 5.92 Å². The van der Waals surface area contributed by atoms with Crippen molar-refractivity contribution in [3.63, 3.8) is 0 Å². The molecule has 2 N–H and O–H groups in total. The molecule has 0 aliphatic heterocycles. The fourth-order valence-electron chi connectivity index (χ4n) is 2.68. The van der Waals surface area contributed by atoms with E-state index in [9.17, 15) is 14.3 Å². The Morgan fingerprint density at radius 3 is 2.62 bits per heavy atom. The third-order valence-corrected chi connectivity index (χ3v) is 3.90. The van der Waals surface area contributed by atoms with Crippen LogP contribution in [0.5, 0.6) is 0 Å². The van der Waals surface area contributed by atoms with Crippen molar-refractivity contribution in [1.29, 1.82) is 0 Å². The highest BCUT2D eigenvalue weighted by Gasteiger charge is 2.42. The van der Waals surface area contributed by atoms with Crippen LogP contribution in [0, 0.1) is 11.7 Å². The van der Waals surface area contributed by atoms with Crippen LogP contribution in [0.2, 0.25) is 0 Å². The number of carbonyl (C=O) groups excluding carboxylic acids is 1. The number of benzene rings is 1. The summed E-state index contributed by atoms with van der Waals surface area (Å²) in [5.74, 6) is -0.260. The van der Waals surface area contributed by atoms with Gasteiger partial charge in [-0.25, -0.2) is 4.39 Å². The van der Waals surface area contributed by atoms with E-state index in [1.54, 1.807) is 19.1 Å². The zero-order chi connectivity index (χ0) is 15.5. The Morgan fingerprint density at radius 2 is 2.05 bits per heavy atom. The lowest BCUT2D eigenvalue weighted by molar-refractivity contribution is -0.138. The molecule has 0 unspecified atom stereocenters. The number of halogens is 1. The van der Waals surface area contributed by atoms with Crippen molar-refractivity contribution in [3.8, 4) is 0 Å². The minimum atomic E-state index is -0.665. The van der Waals surface area contributed by atoms with Crippen LogP contribution in [0.3, 0.4) is 0 Å². The molecule has 1 aromatic rings. The largest absolute Gasteiger partial charge is 0.390 e. The van der Waals surface area contributed by atoms with Crippen molar-refractivity contribution in [2.75, 3.05) is 20.1 Å². The highest BCUT2D eigenvalue weighted by molar-refractivity contribution is 5.79. The molecule has 0 saturated heterocycles. The third kappa shape index (κ3) is 4.79. The average molecular weight is 294 g/mol. The molecule has 0 bridgehead atoms. The summed E-state index contributed by atoms with van der Waals surface area (Å²) in [6, 6.07) is 6.43. The van der Waals surface area contributed by atoms with E-state index >= 15 is 0 Å². The number of likely N-dealkylation sites (N-methyl/N-ethyl adjacent to an activating group) is 1. The molecule has 1 saturated carbocycles. The van der Waals surface area contributed by atoms with Crippen LogP contribution in [0.25, 0.3) is 0 Å². The van der Waals surface area contributed by atoms with Crippen LogP contribution in [0.15, 0.2) is 24.3 Å². The molecule has 21 heavy (non-hydrogen) atoms. The van der Waals surface area contributed by atoms with Gasteiger partial charge < -0.3 is 15.3 Å². The Labute approximate surface area is 125 Å². The number of hydrogen-bond donors (Lipinski definition) is 2. The Hall–Kier alpha value is -1.46. The van der Waals surface area contributed by atoms with Crippen molar-refractivity contribution < 1.29 is 14.3 Å². The molecule has 0 heterocycles. The van der Waals surface area contributed by atoms with E-state index in [4.69, 9.17) is 0 Å². The van der Waals surface area contributed by atoms with Crippen molar-refractivity contribution >= 4 is 5.91 Å². The fourth-order valence-corrected chi connectivity index (χ4v) is 2.68. The molecule has 116 valence electrons. The summed E-state index contributed by atoms with van der Waals surface area (Å²) < 4.78 is 12.8. The first-order valence-corrected chi connectivity index (χ1v) is 7.29. The highest BCUT2D eigenvalue weighted by Crippen LogP contribution is 2.37. The molecule has 0 atom stereocenters. The lowest BCUT2D eigenvalue weighted by Gasteiger charge is -2.39. The second kappa shape index (κ2) is 6.54. The highest BCUT2D eigenvalue weighted by atomic mass is 19.1. The summed E-state index contributed by atoms with van der Waals surface area (Å²) in [5.41, 5.74) is 0.377. The number of rotatable bonds is 6. The molecule has 1 fully saturated rings. The normalized spacial score (nSPS) is 24.7. The summed E-state index contributed by atoms with van der Waals surface area (Å²) in [7, 11) is 1.96. The molecule has 0 spiro atoms. The molecular formula is C16H23FN2O2. The van der Waals surface area contributed by atoms with Gasteiger partial charge in [0.2, 0.25) is 5.91 Å². The maximum Gasteiger partial charge on any atom is 0.223 e. The first kappa shape index (κ1) is 15.9. The van der Waals surface area contributed by atoms with Gasteiger partial charge in [-0.3, -0.25) is 4.79 Å². The predicted octanol–water partition coefficient (Wildman–Crippen LogP) is 1.53. The van der Waals surface area contributed by atoms with Gasteiger partial charge in [-0.1, -0.05) is 12.1 Å². The van der Waals surface area contributed by atoms with Gasteiger partial charge in [0.25, 0.3) is 0 Å². The summed E-state index contributed by atoms with van der Waals surface area (Å²) in [6.07, 6.45) is 1.09. The van der Waals surface area contributed by atoms with Gasteiger partial charge in [-0.2, -0.15) is 0 Å². The van der Waals surface area contributed by atoms with E-state index in [1.807, 2.05) is 7.05 Å². The summed E-state index contributed by atoms with van der Waals surface area (Å²) in [6.45, 7) is 3.78. The van der Waals surface area contributed by atoms with Crippen LogP contribution in [-0.4, -0.2) is 41.7 Å². The van der Waals surface area contributed by atoms with Crippen LogP contribution < -0.4 is 5.32 Å². The average Bonchev–Trinajstić information content (AvgIpc) is 2.38. The molecule has 5 heteroatoms. The second-order valence-corrected chi connectivity index (χ2v) is 6.26. The van der Waals surface area contributed by atoms with E-state index in [1.165, 1.54) is 12.1 Å². The first-order valence-electron chi connectivity index (χ1n) is 7.29. The Bertz CT molecular complexity index is 480. The Morgan fingerprint density at radius 1 is 1.43 bits per heavy atom. The minimum Gasteiger partial charge on any atom is -0.390 e. The smallest absolute Gasteiger partial charge is 0.223 e. The lowest BCUT2D eigenvalue weighted by atomic mass is 9.72. The van der Waals surface area contributed by atoms with Crippen molar-refractivity contribution in [1.82, 2.24) is 10.2 Å². The van der Waals surface area contributed by atoms with Gasteiger partial charge in [0.15, 0.2) is 0 Å². The number of carbonyl (C=O) groups is 1. The van der Waals surface area contributed by atoms with Gasteiger partial charge in [-0.05, 0) is 44.5 Å². The minimum absolute atomic E-state index is 0.0247. The maximum atomic E-state index is 12.8. The summed E-state index contributed by atoms with van der Waals surface area (Å²) >= 11 is 0. The SMILES string of the molecule is CN(CCNC(=O)C1CC(C)(O)C1)Cc1ccc(F)cc1. The Balaban J connectivity index is 1.64. The van der Waals surface area contributed by atoms with Gasteiger partial charge in [0, 0.05) is 25.6 Å². The van der Waals surface area contributed by atoms with Crippen LogP contribution >= 0.6 is 0 Å². The molecular weight excluding hydrogens is 271 g/mol. The molecule has 4 nitrogen and oxygen atoms in total. The molecule has 1 amide bonds. The number of hydrogen-bond acceptors (Lipinski definition) is 3. The number of nitrogens with zero attached hydrogens (tertiary/aromatic N) is 1. The topological polar surface area (TPSA) is 52.6 Å². The van der Waals surface area contributed by atoms with Crippen LogP contribution in [-0.2, 0) is 11.3 Å². The van der Waals surface area contributed by atoms with Gasteiger partial charge >= 0.3 is 0 Å². The van der Waals surface area contributed by atoms with E-state index in [-0.39, 0.29) is 17.6 Å². The molecule has 1 aliphatic rings. The first-order chi connectivity index (χ1) is 9.85. The van der Waals surface area contributed by atoms with Gasteiger partial charge in [0.1, 0.15) is 5.82 Å². The zero-order valence-electron chi connectivity index (χ0n) is 12.6. The van der Waals surface area contributed by atoms with Crippen molar-refractivity contribution in [2.45, 2.75) is 31.9 Å². The van der Waals surface area contributed by atoms with E-state index in [0.717, 1.165) is 12.1 Å². The maximum absolute atomic E-state index is 12.8. The van der Waals surface area contributed by atoms with Gasteiger partial charge in [-0.15, -0.1) is 0 Å². The quantitative estimate of drug-likeness (QED) is 0.837. The third-order valence-electron chi connectivity index (χ3n) is 3.90. The van der Waals surface area contributed by atoms with Gasteiger partial charge in [0.05, 0.1) is 5.60 Å². The van der Waals surface area contributed by atoms with Crippen LogP contribution in [0.1, 0.15) is 25.3 Å². The molecule has 0 radical (unpaired) electrons. The predicted molar refractivity (Wildman–Crippen MR) is 79.1 cm³/mol. The summed E-state index contributed by atoms with van der Waals surface area (Å²) in [5, 5.41) is 12.5. The Kier molecular flexibility index (Phi) is 4.96. The standard InChI is InChI=1S/C16H23FN2O2/c1-16(21)9-13(10-16)15(20)18-7-8-19(2)11-12-3-5-14(17)6-4-12/h3-6,13,21H,7-11H2,1-2H3,(H,18,20). The molecule has 1 aromatic carbocycles. The van der Waals surface area contributed by atoms with Crippen molar-refractivity contribution in [3.05, 3.63) is 35.6 Å². The molecule has 0 aromatic heterocycles. The second-order valence-electron chi connectivity index (χ2n) is 6.26. The monoisotopic (exact) mass is 294 g/mol. The summed E-state index contributed by atoms with van der Waals surface area (Å²) in [4.78, 5) is 13.9. The lowest BCUT2D eigenvalue weighted by Crippen LogP contribution is -2.49. The van der Waals surface area contributed by atoms with E-state index < -0.39 is 5.60 Å². The number of aliphatic hydroxyl groups is 1. The van der Waals surface area contributed by atoms with E-state index in [2.05, 4.69) is 10.2 Å². The zero-order valence-corrected chi connectivity index (χ0v) is 12.6. The van der Waals surface area contributed by atoms with Crippen LogP contribution in [0.4, 0.5) is 4.39 Å². The molecule has 1 aliphatic carbocycles.